The van der Waals surface area contributed by atoms with E-state index in [-0.39, 0.29) is 5.91 Å². The van der Waals surface area contributed by atoms with Crippen LogP contribution in [0.2, 0.25) is 5.02 Å². The third-order valence-corrected chi connectivity index (χ3v) is 5.58. The number of aromatic nitrogens is 2. The van der Waals surface area contributed by atoms with Gasteiger partial charge in [0.15, 0.2) is 11.4 Å². The first kappa shape index (κ1) is 19.5. The molecule has 0 N–H and O–H groups in total. The number of piperazine rings is 1. The number of amides is 1. The first-order valence-electron chi connectivity index (χ1n) is 9.74. The van der Waals surface area contributed by atoms with Crippen LogP contribution in [0, 0.1) is 0 Å². The van der Waals surface area contributed by atoms with E-state index < -0.39 is 0 Å². The van der Waals surface area contributed by atoms with Gasteiger partial charge in [-0.2, -0.15) is 0 Å². The summed E-state index contributed by atoms with van der Waals surface area (Å²) in [5, 5.41) is 5.93. The van der Waals surface area contributed by atoms with Crippen LogP contribution in [0.15, 0.2) is 35.0 Å². The largest absolute Gasteiger partial charge is 0.354 e. The molecule has 2 aromatic heterocycles. The summed E-state index contributed by atoms with van der Waals surface area (Å²) in [6, 6.07) is 7.78. The number of fused-ring (bicyclic) bond motifs is 1. The number of hydrogen-bond donors (Lipinski definition) is 0. The molecule has 1 aliphatic heterocycles. The standard InChI is InChI=1S/C21H24ClN5O2/c1-4-14-6-5-7-17-18(14)20(24-29-17)27-10-8-26(9-11-27)19-16(22)12-15(13-23-19)21(28)25(2)3/h5-7,12-13H,4,8-11H2,1-3H3. The van der Waals surface area contributed by atoms with Crippen LogP contribution in [-0.4, -0.2) is 61.2 Å². The quantitative estimate of drug-likeness (QED) is 0.652. The van der Waals surface area contributed by atoms with Crippen molar-refractivity contribution in [1.82, 2.24) is 15.0 Å². The van der Waals surface area contributed by atoms with E-state index in [1.165, 1.54) is 10.5 Å². The van der Waals surface area contributed by atoms with E-state index in [1.54, 1.807) is 26.4 Å². The molecule has 152 valence electrons. The minimum atomic E-state index is -0.111. The lowest BCUT2D eigenvalue weighted by Gasteiger charge is -2.35. The molecule has 0 aliphatic carbocycles. The molecule has 0 unspecified atom stereocenters. The number of pyridine rings is 1. The Hall–Kier alpha value is -2.80. The van der Waals surface area contributed by atoms with Crippen LogP contribution in [0.25, 0.3) is 11.0 Å². The Morgan fingerprint density at radius 3 is 2.48 bits per heavy atom. The highest BCUT2D eigenvalue weighted by Crippen LogP contribution is 2.32. The Bertz CT molecular complexity index is 1040. The Balaban J connectivity index is 1.51. The Kier molecular flexibility index (Phi) is 5.32. The highest BCUT2D eigenvalue weighted by Gasteiger charge is 2.25. The molecular formula is C21H24ClN5O2. The third-order valence-electron chi connectivity index (χ3n) is 5.30. The zero-order valence-corrected chi connectivity index (χ0v) is 17.6. The lowest BCUT2D eigenvalue weighted by atomic mass is 10.1. The fourth-order valence-corrected chi connectivity index (χ4v) is 4.01. The summed E-state index contributed by atoms with van der Waals surface area (Å²) in [4.78, 5) is 22.5. The van der Waals surface area contributed by atoms with Crippen molar-refractivity contribution >= 4 is 40.1 Å². The number of benzene rings is 1. The zero-order valence-electron chi connectivity index (χ0n) is 16.9. The average Bonchev–Trinajstić information content (AvgIpc) is 3.17. The molecule has 0 spiro atoms. The summed E-state index contributed by atoms with van der Waals surface area (Å²) in [5.41, 5.74) is 2.56. The third kappa shape index (κ3) is 3.62. The summed E-state index contributed by atoms with van der Waals surface area (Å²) in [5.74, 6) is 1.50. The van der Waals surface area contributed by atoms with Crippen molar-refractivity contribution in [2.24, 2.45) is 0 Å². The molecule has 29 heavy (non-hydrogen) atoms. The van der Waals surface area contributed by atoms with E-state index >= 15 is 0 Å². The second-order valence-corrected chi connectivity index (χ2v) is 7.76. The molecule has 1 aromatic carbocycles. The van der Waals surface area contributed by atoms with Gasteiger partial charge < -0.3 is 19.2 Å². The molecule has 1 fully saturated rings. The number of aryl methyl sites for hydroxylation is 1. The molecule has 1 saturated heterocycles. The summed E-state index contributed by atoms with van der Waals surface area (Å²) in [6.07, 6.45) is 2.53. The molecule has 4 rings (SSSR count). The van der Waals surface area contributed by atoms with E-state index in [9.17, 15) is 4.79 Å². The fraction of sp³-hybridized carbons (Fsp3) is 0.381. The smallest absolute Gasteiger partial charge is 0.254 e. The maximum absolute atomic E-state index is 12.1. The van der Waals surface area contributed by atoms with Crippen LogP contribution in [0.4, 0.5) is 11.6 Å². The summed E-state index contributed by atoms with van der Waals surface area (Å²) in [6.45, 7) is 5.24. The van der Waals surface area contributed by atoms with E-state index in [0.717, 1.165) is 49.4 Å². The number of carbonyl (C=O) groups is 1. The molecule has 0 saturated carbocycles. The number of rotatable bonds is 4. The molecular weight excluding hydrogens is 390 g/mol. The van der Waals surface area contributed by atoms with Gasteiger partial charge in [-0.05, 0) is 24.1 Å². The maximum atomic E-state index is 12.1. The molecule has 8 heteroatoms. The normalized spacial score (nSPS) is 14.5. The van der Waals surface area contributed by atoms with Crippen LogP contribution >= 0.6 is 11.6 Å². The van der Waals surface area contributed by atoms with Gasteiger partial charge in [-0.1, -0.05) is 35.8 Å². The summed E-state index contributed by atoms with van der Waals surface area (Å²) >= 11 is 6.45. The monoisotopic (exact) mass is 413 g/mol. The average molecular weight is 414 g/mol. The topological polar surface area (TPSA) is 65.7 Å². The predicted molar refractivity (Wildman–Crippen MR) is 115 cm³/mol. The Labute approximate surface area is 174 Å². The van der Waals surface area contributed by atoms with Crippen molar-refractivity contribution in [2.45, 2.75) is 13.3 Å². The molecule has 3 aromatic rings. The van der Waals surface area contributed by atoms with Crippen molar-refractivity contribution < 1.29 is 9.32 Å². The maximum Gasteiger partial charge on any atom is 0.254 e. The number of anilines is 2. The predicted octanol–water partition coefficient (Wildman–Crippen LogP) is 3.47. The molecule has 0 radical (unpaired) electrons. The van der Waals surface area contributed by atoms with Crippen LogP contribution in [0.1, 0.15) is 22.8 Å². The molecule has 3 heterocycles. The van der Waals surface area contributed by atoms with Crippen LogP contribution < -0.4 is 9.80 Å². The Morgan fingerprint density at radius 2 is 1.86 bits per heavy atom. The molecule has 1 aliphatic rings. The second-order valence-electron chi connectivity index (χ2n) is 7.35. The SMILES string of the molecule is CCc1cccc2onc(N3CCN(c4ncc(C(=O)N(C)C)cc4Cl)CC3)c12. The van der Waals surface area contributed by atoms with Crippen molar-refractivity contribution in [3.05, 3.63) is 46.6 Å². The van der Waals surface area contributed by atoms with E-state index in [2.05, 4.69) is 32.9 Å². The van der Waals surface area contributed by atoms with Gasteiger partial charge in [0.2, 0.25) is 0 Å². The minimum absolute atomic E-state index is 0.111. The van der Waals surface area contributed by atoms with Gasteiger partial charge >= 0.3 is 0 Å². The molecule has 0 atom stereocenters. The number of hydrogen-bond acceptors (Lipinski definition) is 6. The van der Waals surface area contributed by atoms with Crippen LogP contribution in [-0.2, 0) is 6.42 Å². The number of carbonyl (C=O) groups excluding carboxylic acids is 1. The van der Waals surface area contributed by atoms with Gasteiger partial charge in [0.1, 0.15) is 5.82 Å². The first-order valence-corrected chi connectivity index (χ1v) is 10.1. The highest BCUT2D eigenvalue weighted by molar-refractivity contribution is 6.33. The van der Waals surface area contributed by atoms with Gasteiger partial charge in [0, 0.05) is 46.5 Å². The molecule has 0 bridgehead atoms. The van der Waals surface area contributed by atoms with E-state index in [0.29, 0.717) is 16.4 Å². The lowest BCUT2D eigenvalue weighted by molar-refractivity contribution is 0.0827. The van der Waals surface area contributed by atoms with E-state index in [1.807, 2.05) is 12.1 Å². The van der Waals surface area contributed by atoms with Crippen molar-refractivity contribution in [3.63, 3.8) is 0 Å². The van der Waals surface area contributed by atoms with Gasteiger partial charge in [-0.15, -0.1) is 0 Å². The van der Waals surface area contributed by atoms with Gasteiger partial charge in [-0.3, -0.25) is 4.79 Å². The van der Waals surface area contributed by atoms with Crippen LogP contribution in [0.5, 0.6) is 0 Å². The number of nitrogens with zero attached hydrogens (tertiary/aromatic N) is 5. The fourth-order valence-electron chi connectivity index (χ4n) is 3.72. The van der Waals surface area contributed by atoms with Crippen molar-refractivity contribution in [1.29, 1.82) is 0 Å². The highest BCUT2D eigenvalue weighted by atomic mass is 35.5. The van der Waals surface area contributed by atoms with Crippen LogP contribution in [0.3, 0.4) is 0 Å². The van der Waals surface area contributed by atoms with Gasteiger partial charge in [0.25, 0.3) is 5.91 Å². The van der Waals surface area contributed by atoms with Gasteiger partial charge in [0.05, 0.1) is 16.0 Å². The second kappa shape index (κ2) is 7.91. The van der Waals surface area contributed by atoms with Crippen molar-refractivity contribution in [3.8, 4) is 0 Å². The molecule has 7 nitrogen and oxygen atoms in total. The first-order chi connectivity index (χ1) is 14.0. The zero-order chi connectivity index (χ0) is 20.5. The Morgan fingerprint density at radius 1 is 1.17 bits per heavy atom. The number of halogens is 1. The van der Waals surface area contributed by atoms with Gasteiger partial charge in [-0.25, -0.2) is 4.98 Å². The lowest BCUT2D eigenvalue weighted by Crippen LogP contribution is -2.47. The van der Waals surface area contributed by atoms with E-state index in [4.69, 9.17) is 16.1 Å². The summed E-state index contributed by atoms with van der Waals surface area (Å²) in [7, 11) is 3.42. The summed E-state index contributed by atoms with van der Waals surface area (Å²) < 4.78 is 5.56. The van der Waals surface area contributed by atoms with Crippen molar-refractivity contribution in [2.75, 3.05) is 50.1 Å². The minimum Gasteiger partial charge on any atom is -0.354 e. The molecule has 1 amide bonds.